The molecule has 0 saturated heterocycles. The van der Waals surface area contributed by atoms with E-state index in [0.29, 0.717) is 5.16 Å². The summed E-state index contributed by atoms with van der Waals surface area (Å²) in [5.74, 6) is 0.438. The first-order chi connectivity index (χ1) is 11.8. The summed E-state index contributed by atoms with van der Waals surface area (Å²) in [6.45, 7) is 4.21. The minimum absolute atomic E-state index is 0.125. The lowest BCUT2D eigenvalue weighted by Gasteiger charge is -1.97. The molecule has 2 aromatic heterocycles. The molecule has 0 unspecified atom stereocenters. The van der Waals surface area contributed by atoms with Crippen LogP contribution in [0.1, 0.15) is 26.7 Å². The molecule has 5 N–H and O–H groups in total. The van der Waals surface area contributed by atoms with E-state index >= 15 is 0 Å². The van der Waals surface area contributed by atoms with E-state index in [0.717, 1.165) is 24.3 Å². The lowest BCUT2D eigenvalue weighted by Crippen LogP contribution is -2.06. The van der Waals surface area contributed by atoms with Gasteiger partial charge in [0.1, 0.15) is 0 Å². The van der Waals surface area contributed by atoms with E-state index in [9.17, 15) is 9.59 Å². The van der Waals surface area contributed by atoms with Crippen LogP contribution < -0.4 is 11.1 Å². The third-order valence-electron chi connectivity index (χ3n) is 2.08. The molecule has 0 atom stereocenters. The summed E-state index contributed by atoms with van der Waals surface area (Å²) in [5.41, 5.74) is -0.725. The Labute approximate surface area is 167 Å². The van der Waals surface area contributed by atoms with Gasteiger partial charge in [-0.2, -0.15) is 4.98 Å². The lowest BCUT2D eigenvalue weighted by molar-refractivity contribution is 0.444. The van der Waals surface area contributed by atoms with Crippen LogP contribution in [0.15, 0.2) is 26.9 Å². The monoisotopic (exact) mass is 500 g/mol. The van der Waals surface area contributed by atoms with Crippen molar-refractivity contribution < 1.29 is 10.2 Å². The summed E-state index contributed by atoms with van der Waals surface area (Å²) in [4.78, 5) is 32.0. The van der Waals surface area contributed by atoms with E-state index in [4.69, 9.17) is 10.2 Å². The molecule has 0 aliphatic rings. The molecule has 2 rings (SSSR count). The topological polar surface area (TPSA) is 135 Å². The zero-order valence-corrected chi connectivity index (χ0v) is 17.6. The van der Waals surface area contributed by atoms with Gasteiger partial charge in [-0.3, -0.25) is 14.6 Å². The van der Waals surface area contributed by atoms with Crippen molar-refractivity contribution in [3.05, 3.63) is 37.6 Å². The summed E-state index contributed by atoms with van der Waals surface area (Å²) in [5, 5.41) is 18.1. The number of hydrogen-bond acceptors (Lipinski definition) is 7. The van der Waals surface area contributed by atoms with Gasteiger partial charge in [-0.15, -0.1) is 0 Å². The van der Waals surface area contributed by atoms with Crippen LogP contribution in [-0.2, 0) is 0 Å². The molecule has 0 amide bonds. The second-order valence-electron chi connectivity index (χ2n) is 4.42. The Kier molecular flexibility index (Phi) is 13.2. The average Bonchev–Trinajstić information content (AvgIpc) is 2.51. The number of thioether (sulfide) groups is 1. The van der Waals surface area contributed by atoms with Crippen molar-refractivity contribution in [2.24, 2.45) is 0 Å². The number of H-pyrrole nitrogens is 3. The van der Waals surface area contributed by atoms with E-state index in [1.165, 1.54) is 22.6 Å². The Hall–Kier alpha value is -1.34. The quantitative estimate of drug-likeness (QED) is 0.143. The van der Waals surface area contributed by atoms with Crippen LogP contribution in [-0.4, -0.2) is 40.3 Å². The maximum Gasteiger partial charge on any atom is 0.255 e. The number of aromatic hydroxyl groups is 2. The highest BCUT2D eigenvalue weighted by atomic mass is 127. The van der Waals surface area contributed by atoms with Crippen molar-refractivity contribution in [2.45, 2.75) is 31.8 Å². The number of nitrogens with zero attached hydrogens (tertiary/aromatic N) is 1. The number of alkyl halides is 1. The highest BCUT2D eigenvalue weighted by molar-refractivity contribution is 14.1. The smallest absolute Gasteiger partial charge is 0.255 e. The number of hydrogen-bond donors (Lipinski definition) is 5. The molecule has 25 heavy (non-hydrogen) atoms. The minimum atomic E-state index is -0.406. The Morgan fingerprint density at radius 2 is 1.72 bits per heavy atom. The zero-order valence-electron chi connectivity index (χ0n) is 13.8. The Balaban J connectivity index is 0.000000391. The summed E-state index contributed by atoms with van der Waals surface area (Å²) >= 11 is 8.29. The number of rotatable bonds is 4. The SMILES string of the molecule is CCCI.CCCSc1nc(O)cc(=O)[nH]1.O=c1cc(O)[nH]c(=S)[nH]1. The second-order valence-corrected chi connectivity index (χ2v) is 6.99. The van der Waals surface area contributed by atoms with Gasteiger partial charge in [0.2, 0.25) is 5.88 Å². The summed E-state index contributed by atoms with van der Waals surface area (Å²) in [7, 11) is 0. The predicted molar refractivity (Wildman–Crippen MR) is 111 cm³/mol. The van der Waals surface area contributed by atoms with Gasteiger partial charge in [-0.1, -0.05) is 48.2 Å². The molecule has 0 aromatic carbocycles. The molecule has 2 aromatic rings. The molecule has 0 aliphatic heterocycles. The van der Waals surface area contributed by atoms with Crippen molar-refractivity contribution >= 4 is 46.6 Å². The molecular formula is C14H21IN4O4S2. The van der Waals surface area contributed by atoms with E-state index in [1.54, 1.807) is 0 Å². The first-order valence-electron chi connectivity index (χ1n) is 7.34. The maximum atomic E-state index is 10.8. The molecule has 0 aliphatic carbocycles. The van der Waals surface area contributed by atoms with Crippen LogP contribution in [0.25, 0.3) is 0 Å². The summed E-state index contributed by atoms with van der Waals surface area (Å²) in [6, 6.07) is 2.06. The van der Waals surface area contributed by atoms with Crippen LogP contribution in [0.2, 0.25) is 0 Å². The Bertz CT molecular complexity index is 761. The van der Waals surface area contributed by atoms with Crippen molar-refractivity contribution in [2.75, 3.05) is 10.2 Å². The van der Waals surface area contributed by atoms with E-state index < -0.39 is 5.56 Å². The fourth-order valence-electron chi connectivity index (χ4n) is 1.15. The summed E-state index contributed by atoms with van der Waals surface area (Å²) < 4.78 is 1.41. The van der Waals surface area contributed by atoms with E-state index in [2.05, 4.69) is 61.7 Å². The van der Waals surface area contributed by atoms with Gasteiger partial charge >= 0.3 is 0 Å². The summed E-state index contributed by atoms with van der Waals surface area (Å²) in [6.07, 6.45) is 2.31. The molecule has 0 bridgehead atoms. The highest BCUT2D eigenvalue weighted by Crippen LogP contribution is 2.13. The van der Waals surface area contributed by atoms with Crippen LogP contribution in [0.3, 0.4) is 0 Å². The minimum Gasteiger partial charge on any atom is -0.494 e. The Morgan fingerprint density at radius 3 is 2.16 bits per heavy atom. The normalized spacial score (nSPS) is 9.40. The predicted octanol–water partition coefficient (Wildman–Crippen LogP) is 2.95. The van der Waals surface area contributed by atoms with Crippen molar-refractivity contribution in [3.63, 3.8) is 0 Å². The average molecular weight is 500 g/mol. The van der Waals surface area contributed by atoms with Gasteiger partial charge in [-0.25, -0.2) is 0 Å². The van der Waals surface area contributed by atoms with Gasteiger partial charge in [0.25, 0.3) is 11.1 Å². The first kappa shape index (κ1) is 23.7. The zero-order chi connectivity index (χ0) is 19.2. The van der Waals surface area contributed by atoms with E-state index in [1.807, 2.05) is 6.92 Å². The van der Waals surface area contributed by atoms with Gasteiger partial charge in [0, 0.05) is 5.75 Å². The lowest BCUT2D eigenvalue weighted by atomic mass is 10.6. The van der Waals surface area contributed by atoms with Crippen molar-refractivity contribution in [3.8, 4) is 11.8 Å². The number of aromatic amines is 3. The van der Waals surface area contributed by atoms with Crippen molar-refractivity contribution in [1.82, 2.24) is 19.9 Å². The molecule has 8 nitrogen and oxygen atoms in total. The van der Waals surface area contributed by atoms with Crippen LogP contribution in [0.4, 0.5) is 0 Å². The maximum absolute atomic E-state index is 10.8. The molecule has 0 radical (unpaired) electrons. The standard InChI is InChI=1S/C7H10N2O2S.C4H4N2O2S.C3H7I/c1-2-3-12-7-8-5(10)4-6(11)9-7;7-2-1-3(8)6-4(9)5-2;1-2-3-4/h4H,2-3H2,1H3,(H2,8,9,10,11);1H,(H3,5,6,7,8,9);2-3H2,1H3. The molecule has 0 fully saturated rings. The third-order valence-corrected chi connectivity index (χ3v) is 4.45. The first-order valence-corrected chi connectivity index (χ1v) is 10.3. The van der Waals surface area contributed by atoms with Crippen molar-refractivity contribution in [1.29, 1.82) is 0 Å². The molecule has 140 valence electrons. The third kappa shape index (κ3) is 12.6. The molecule has 0 spiro atoms. The highest BCUT2D eigenvalue weighted by Gasteiger charge is 1.98. The number of nitrogens with one attached hydrogen (secondary N) is 3. The van der Waals surface area contributed by atoms with Gasteiger partial charge in [0.05, 0.1) is 12.1 Å². The Morgan fingerprint density at radius 1 is 1.12 bits per heavy atom. The molecule has 11 heteroatoms. The molecular weight excluding hydrogens is 479 g/mol. The number of aromatic nitrogens is 4. The van der Waals surface area contributed by atoms with Crippen LogP contribution in [0, 0.1) is 4.77 Å². The van der Waals surface area contributed by atoms with E-state index in [-0.39, 0.29) is 22.1 Å². The van der Waals surface area contributed by atoms with Crippen LogP contribution in [0.5, 0.6) is 11.8 Å². The molecule has 2 heterocycles. The molecule has 0 saturated carbocycles. The van der Waals surface area contributed by atoms with Gasteiger partial charge < -0.3 is 20.2 Å². The van der Waals surface area contributed by atoms with Crippen LogP contribution >= 0.6 is 46.6 Å². The number of halogens is 1. The fourth-order valence-corrected chi connectivity index (χ4v) is 2.08. The van der Waals surface area contributed by atoms with Gasteiger partial charge in [-0.05, 0) is 29.5 Å². The second kappa shape index (κ2) is 13.9. The largest absolute Gasteiger partial charge is 0.494 e. The fraction of sp³-hybridized carbons (Fsp3) is 0.429. The van der Waals surface area contributed by atoms with Gasteiger partial charge in [0.15, 0.2) is 15.8 Å².